The summed E-state index contributed by atoms with van der Waals surface area (Å²) >= 11 is 1.86. The van der Waals surface area contributed by atoms with Gasteiger partial charge in [0, 0.05) is 47.8 Å². The van der Waals surface area contributed by atoms with Gasteiger partial charge in [-0.2, -0.15) is 0 Å². The van der Waals surface area contributed by atoms with Crippen molar-refractivity contribution in [2.45, 2.75) is 19.3 Å². The lowest BCUT2D eigenvalue weighted by molar-refractivity contribution is 0.660. The standard InChI is InChI=1S/C54H37N3S/c1-54(2)47-24-13-12-23-42(47)43-27-25-38(33-48(43)54)37-26-28-49-45(30-37)46-32-41(34-15-6-3-7-16-34)31-44(50(46)58-49)39-21-14-22-40(29-39)53-56-51(35-17-8-4-9-18-35)55-52(57-53)36-19-10-5-11-20-36/h3-33H,1-2H3. The van der Waals surface area contributed by atoms with Crippen LogP contribution in [-0.4, -0.2) is 15.0 Å². The molecule has 58 heavy (non-hydrogen) atoms. The first-order chi connectivity index (χ1) is 28.5. The average Bonchev–Trinajstić information content (AvgIpc) is 3.77. The molecule has 8 aromatic carbocycles. The van der Waals surface area contributed by atoms with E-state index in [1.807, 2.05) is 72.0 Å². The summed E-state index contributed by atoms with van der Waals surface area (Å²) in [5, 5.41) is 2.53. The molecule has 11 rings (SSSR count). The zero-order chi connectivity index (χ0) is 38.8. The average molecular weight is 760 g/mol. The second-order valence-electron chi connectivity index (χ2n) is 15.6. The Hall–Kier alpha value is -7.01. The van der Waals surface area contributed by atoms with Crippen molar-refractivity contribution in [3.63, 3.8) is 0 Å². The van der Waals surface area contributed by atoms with Crippen molar-refractivity contribution in [1.29, 1.82) is 0 Å². The molecule has 3 nitrogen and oxygen atoms in total. The van der Waals surface area contributed by atoms with Gasteiger partial charge in [-0.1, -0.05) is 166 Å². The van der Waals surface area contributed by atoms with E-state index in [0.29, 0.717) is 17.5 Å². The van der Waals surface area contributed by atoms with Gasteiger partial charge in [0.05, 0.1) is 0 Å². The molecule has 0 radical (unpaired) electrons. The molecule has 0 saturated heterocycles. The molecule has 1 aliphatic carbocycles. The fourth-order valence-corrected chi connectivity index (χ4v) is 9.92. The van der Waals surface area contributed by atoms with Crippen molar-refractivity contribution in [3.8, 4) is 78.7 Å². The zero-order valence-electron chi connectivity index (χ0n) is 32.1. The van der Waals surface area contributed by atoms with Crippen molar-refractivity contribution in [2.75, 3.05) is 0 Å². The van der Waals surface area contributed by atoms with E-state index < -0.39 is 0 Å². The Kier molecular flexibility index (Phi) is 8.02. The normalized spacial score (nSPS) is 12.8. The maximum absolute atomic E-state index is 5.06. The molecule has 0 amide bonds. The van der Waals surface area contributed by atoms with Crippen LogP contribution in [0.5, 0.6) is 0 Å². The second kappa shape index (κ2) is 13.6. The Morgan fingerprint density at radius 1 is 0.345 bits per heavy atom. The van der Waals surface area contributed by atoms with E-state index in [1.54, 1.807) is 0 Å². The van der Waals surface area contributed by atoms with Crippen LogP contribution in [0.2, 0.25) is 0 Å². The SMILES string of the molecule is CC1(C)c2ccccc2-c2ccc(-c3ccc4sc5c(-c6cccc(-c7nc(-c8ccccc8)nc(-c8ccccc8)n7)c6)cc(-c6ccccc6)cc5c4c3)cc21. The summed E-state index contributed by atoms with van der Waals surface area (Å²) in [5.74, 6) is 1.95. The molecule has 10 aromatic rings. The topological polar surface area (TPSA) is 38.7 Å². The lowest BCUT2D eigenvalue weighted by atomic mass is 9.81. The number of nitrogens with zero attached hydrogens (tertiary/aromatic N) is 3. The Morgan fingerprint density at radius 3 is 1.59 bits per heavy atom. The van der Waals surface area contributed by atoms with E-state index in [0.717, 1.165) is 22.3 Å². The molecule has 274 valence electrons. The highest BCUT2D eigenvalue weighted by Gasteiger charge is 2.35. The minimum Gasteiger partial charge on any atom is -0.208 e. The molecule has 2 heterocycles. The number of hydrogen-bond acceptors (Lipinski definition) is 4. The van der Waals surface area contributed by atoms with Crippen molar-refractivity contribution >= 4 is 31.5 Å². The first-order valence-electron chi connectivity index (χ1n) is 19.8. The summed E-state index contributed by atoms with van der Waals surface area (Å²) in [5.41, 5.74) is 15.4. The number of thiophene rings is 1. The van der Waals surface area contributed by atoms with Crippen molar-refractivity contribution in [1.82, 2.24) is 15.0 Å². The number of hydrogen-bond donors (Lipinski definition) is 0. The van der Waals surface area contributed by atoms with Gasteiger partial charge in [-0.15, -0.1) is 11.3 Å². The van der Waals surface area contributed by atoms with Crippen molar-refractivity contribution in [3.05, 3.63) is 199 Å². The quantitative estimate of drug-likeness (QED) is 0.169. The van der Waals surface area contributed by atoms with E-state index in [9.17, 15) is 0 Å². The molecule has 2 aromatic heterocycles. The van der Waals surface area contributed by atoms with Gasteiger partial charge in [0.1, 0.15) is 0 Å². The van der Waals surface area contributed by atoms with Crippen LogP contribution < -0.4 is 0 Å². The van der Waals surface area contributed by atoms with Crippen LogP contribution in [0.15, 0.2) is 188 Å². The van der Waals surface area contributed by atoms with Crippen LogP contribution in [0.1, 0.15) is 25.0 Å². The number of aromatic nitrogens is 3. The molecule has 0 spiro atoms. The fourth-order valence-electron chi connectivity index (χ4n) is 8.72. The first-order valence-corrected chi connectivity index (χ1v) is 20.6. The highest BCUT2D eigenvalue weighted by molar-refractivity contribution is 7.26. The van der Waals surface area contributed by atoms with Gasteiger partial charge in [0.2, 0.25) is 0 Å². The highest BCUT2D eigenvalue weighted by Crippen LogP contribution is 2.50. The van der Waals surface area contributed by atoms with Crippen LogP contribution in [0, 0.1) is 0 Å². The van der Waals surface area contributed by atoms with E-state index in [2.05, 4.69) is 141 Å². The fraction of sp³-hybridized carbons (Fsp3) is 0.0556. The van der Waals surface area contributed by atoms with Gasteiger partial charge >= 0.3 is 0 Å². The lowest BCUT2D eigenvalue weighted by Gasteiger charge is -2.22. The van der Waals surface area contributed by atoms with Gasteiger partial charge in [-0.05, 0) is 86.5 Å². The van der Waals surface area contributed by atoms with Crippen molar-refractivity contribution < 1.29 is 0 Å². The van der Waals surface area contributed by atoms with Gasteiger partial charge in [-0.3, -0.25) is 0 Å². The number of rotatable bonds is 6. The van der Waals surface area contributed by atoms with Crippen LogP contribution in [0.25, 0.3) is 98.8 Å². The van der Waals surface area contributed by atoms with E-state index in [1.165, 1.54) is 70.2 Å². The predicted molar refractivity (Wildman–Crippen MR) is 243 cm³/mol. The monoisotopic (exact) mass is 759 g/mol. The first kappa shape index (κ1) is 34.3. The lowest BCUT2D eigenvalue weighted by Crippen LogP contribution is -2.14. The van der Waals surface area contributed by atoms with E-state index in [4.69, 9.17) is 15.0 Å². The Morgan fingerprint density at radius 2 is 0.879 bits per heavy atom. The molecule has 0 atom stereocenters. The maximum Gasteiger partial charge on any atom is 0.164 e. The third-order valence-corrected chi connectivity index (χ3v) is 12.9. The molecule has 0 aliphatic heterocycles. The summed E-state index contributed by atoms with van der Waals surface area (Å²) in [6, 6.07) is 67.3. The Labute approximate surface area is 342 Å². The maximum atomic E-state index is 5.06. The van der Waals surface area contributed by atoms with Gasteiger partial charge < -0.3 is 0 Å². The molecule has 1 aliphatic rings. The summed E-state index contributed by atoms with van der Waals surface area (Å²) in [7, 11) is 0. The number of benzene rings is 8. The smallest absolute Gasteiger partial charge is 0.164 e. The highest BCUT2D eigenvalue weighted by atomic mass is 32.1. The van der Waals surface area contributed by atoms with Gasteiger partial charge in [0.25, 0.3) is 0 Å². The predicted octanol–water partition coefficient (Wildman–Crippen LogP) is 14.5. The summed E-state index contributed by atoms with van der Waals surface area (Å²) in [6.07, 6.45) is 0. The molecule has 0 N–H and O–H groups in total. The van der Waals surface area contributed by atoms with Crippen LogP contribution in [0.3, 0.4) is 0 Å². The van der Waals surface area contributed by atoms with Crippen LogP contribution in [0.4, 0.5) is 0 Å². The van der Waals surface area contributed by atoms with Crippen molar-refractivity contribution in [2.24, 2.45) is 0 Å². The summed E-state index contributed by atoms with van der Waals surface area (Å²) in [6.45, 7) is 4.70. The molecular weight excluding hydrogens is 723 g/mol. The summed E-state index contributed by atoms with van der Waals surface area (Å²) in [4.78, 5) is 15.0. The third kappa shape index (κ3) is 5.76. The third-order valence-electron chi connectivity index (χ3n) is 11.7. The van der Waals surface area contributed by atoms with Gasteiger partial charge in [0.15, 0.2) is 17.5 Å². The molecular formula is C54H37N3S. The number of fused-ring (bicyclic) bond motifs is 6. The summed E-state index contributed by atoms with van der Waals surface area (Å²) < 4.78 is 2.54. The second-order valence-corrected chi connectivity index (χ2v) is 16.7. The Bertz CT molecular complexity index is 3130. The largest absolute Gasteiger partial charge is 0.208 e. The molecule has 0 unspecified atom stereocenters. The minimum absolute atomic E-state index is 0.0529. The van der Waals surface area contributed by atoms with E-state index >= 15 is 0 Å². The van der Waals surface area contributed by atoms with Crippen LogP contribution in [-0.2, 0) is 5.41 Å². The molecule has 0 saturated carbocycles. The zero-order valence-corrected chi connectivity index (χ0v) is 33.0. The Balaban J connectivity index is 1.07. The molecule has 4 heteroatoms. The van der Waals surface area contributed by atoms with E-state index in [-0.39, 0.29) is 5.41 Å². The van der Waals surface area contributed by atoms with Crippen LogP contribution >= 0.6 is 11.3 Å². The molecule has 0 bridgehead atoms. The van der Waals surface area contributed by atoms with Gasteiger partial charge in [-0.25, -0.2) is 15.0 Å². The minimum atomic E-state index is -0.0529. The molecule has 0 fully saturated rings.